The van der Waals surface area contributed by atoms with Gasteiger partial charge in [0.1, 0.15) is 11.3 Å². The number of fused-ring (bicyclic) bond motifs is 1. The minimum absolute atomic E-state index is 0.0675. The Labute approximate surface area is 102 Å². The van der Waals surface area contributed by atoms with Gasteiger partial charge in [0.25, 0.3) is 0 Å². The molecule has 0 unspecified atom stereocenters. The minimum atomic E-state index is -0.760. The van der Waals surface area contributed by atoms with Crippen LogP contribution in [-0.2, 0) is 9.47 Å². The summed E-state index contributed by atoms with van der Waals surface area (Å²) in [6.45, 7) is 0. The molecule has 2 aromatic rings. The van der Waals surface area contributed by atoms with E-state index in [0.717, 1.165) is 6.07 Å². The lowest BCUT2D eigenvalue weighted by Crippen LogP contribution is -2.12. The number of hydrogen-bond acceptors (Lipinski definition) is 6. The van der Waals surface area contributed by atoms with Crippen molar-refractivity contribution in [3.63, 3.8) is 0 Å². The van der Waals surface area contributed by atoms with Crippen molar-refractivity contribution >= 4 is 22.9 Å². The highest BCUT2D eigenvalue weighted by Gasteiger charge is 2.25. The number of esters is 2. The summed E-state index contributed by atoms with van der Waals surface area (Å²) in [5.74, 6) is -1.67. The average Bonchev–Trinajstić information content (AvgIpc) is 2.86. The largest absolute Gasteiger partial charge is 0.507 e. The Morgan fingerprint density at radius 2 is 1.89 bits per heavy atom. The van der Waals surface area contributed by atoms with Gasteiger partial charge in [-0.2, -0.15) is 0 Å². The Balaban J connectivity index is 2.83. The monoisotopic (exact) mass is 250 g/mol. The molecule has 1 aromatic heterocycles. The molecule has 18 heavy (non-hydrogen) atoms. The summed E-state index contributed by atoms with van der Waals surface area (Å²) < 4.78 is 14.3. The molecule has 6 heteroatoms. The van der Waals surface area contributed by atoms with Gasteiger partial charge in [0.15, 0.2) is 5.58 Å². The first-order valence-corrected chi connectivity index (χ1v) is 5.00. The van der Waals surface area contributed by atoms with Crippen molar-refractivity contribution in [3.8, 4) is 5.75 Å². The zero-order valence-electron chi connectivity index (χ0n) is 9.72. The fraction of sp³-hybridized carbons (Fsp3) is 0.167. The molecule has 0 aliphatic heterocycles. The van der Waals surface area contributed by atoms with Crippen LogP contribution in [0, 0.1) is 0 Å². The molecule has 0 atom stereocenters. The van der Waals surface area contributed by atoms with Crippen molar-refractivity contribution in [2.75, 3.05) is 14.2 Å². The van der Waals surface area contributed by atoms with Gasteiger partial charge in [-0.25, -0.2) is 9.59 Å². The van der Waals surface area contributed by atoms with Gasteiger partial charge >= 0.3 is 11.9 Å². The molecule has 0 amide bonds. The number of phenolic OH excluding ortho intramolecular Hbond substituents is 1. The number of ether oxygens (including phenoxy) is 2. The number of furan rings is 1. The molecule has 1 heterocycles. The fourth-order valence-corrected chi connectivity index (χ4v) is 1.69. The third kappa shape index (κ3) is 1.67. The Kier molecular flexibility index (Phi) is 2.93. The molecular weight excluding hydrogens is 240 g/mol. The second-order valence-corrected chi connectivity index (χ2v) is 3.46. The maximum absolute atomic E-state index is 11.7. The normalized spacial score (nSPS) is 10.3. The van der Waals surface area contributed by atoms with Crippen LogP contribution >= 0.6 is 0 Å². The van der Waals surface area contributed by atoms with E-state index in [2.05, 4.69) is 9.47 Å². The first kappa shape index (κ1) is 12.0. The second kappa shape index (κ2) is 4.40. The third-order valence-electron chi connectivity index (χ3n) is 2.51. The van der Waals surface area contributed by atoms with Gasteiger partial charge in [0.05, 0.1) is 31.4 Å². The van der Waals surface area contributed by atoms with Gasteiger partial charge in [-0.1, -0.05) is 0 Å². The molecule has 0 saturated carbocycles. The smallest absolute Gasteiger partial charge is 0.342 e. The summed E-state index contributed by atoms with van der Waals surface area (Å²) in [5.41, 5.74) is -0.0892. The Morgan fingerprint density at radius 1 is 1.22 bits per heavy atom. The first-order valence-electron chi connectivity index (χ1n) is 5.00. The molecule has 1 N–H and O–H groups in total. The molecule has 0 saturated heterocycles. The molecule has 0 spiro atoms. The van der Waals surface area contributed by atoms with Gasteiger partial charge in [-0.05, 0) is 12.1 Å². The highest BCUT2D eigenvalue weighted by Crippen LogP contribution is 2.32. The van der Waals surface area contributed by atoms with Gasteiger partial charge < -0.3 is 19.0 Å². The van der Waals surface area contributed by atoms with E-state index >= 15 is 0 Å². The molecule has 0 bridgehead atoms. The number of hydrogen-bond donors (Lipinski definition) is 1. The van der Waals surface area contributed by atoms with Crippen LogP contribution in [0.4, 0.5) is 0 Å². The Hall–Kier alpha value is -2.50. The van der Waals surface area contributed by atoms with Gasteiger partial charge in [-0.15, -0.1) is 0 Å². The van der Waals surface area contributed by atoms with Gasteiger partial charge in [-0.3, -0.25) is 0 Å². The van der Waals surface area contributed by atoms with Crippen molar-refractivity contribution < 1.29 is 28.6 Å². The molecule has 0 aliphatic carbocycles. The predicted molar refractivity (Wildman–Crippen MR) is 60.6 cm³/mol. The number of methoxy groups -OCH3 is 2. The summed E-state index contributed by atoms with van der Waals surface area (Å²) in [4.78, 5) is 23.3. The van der Waals surface area contributed by atoms with Crippen LogP contribution < -0.4 is 0 Å². The van der Waals surface area contributed by atoms with Crippen LogP contribution in [0.25, 0.3) is 11.0 Å². The van der Waals surface area contributed by atoms with E-state index in [9.17, 15) is 14.7 Å². The number of phenols is 1. The number of carbonyl (C=O) groups is 2. The van der Waals surface area contributed by atoms with Crippen LogP contribution in [0.2, 0.25) is 0 Å². The molecule has 6 nitrogen and oxygen atoms in total. The third-order valence-corrected chi connectivity index (χ3v) is 2.51. The summed E-state index contributed by atoms with van der Waals surface area (Å²) in [5, 5.41) is 10.1. The lowest BCUT2D eigenvalue weighted by molar-refractivity contribution is 0.0555. The summed E-state index contributed by atoms with van der Waals surface area (Å²) >= 11 is 0. The number of rotatable bonds is 2. The highest BCUT2D eigenvalue weighted by atomic mass is 16.5. The topological polar surface area (TPSA) is 86.0 Å². The van der Waals surface area contributed by atoms with Crippen molar-refractivity contribution in [2.45, 2.75) is 0 Å². The Bertz CT molecular complexity index is 625. The number of aromatic hydroxyl groups is 1. The second-order valence-electron chi connectivity index (χ2n) is 3.46. The van der Waals surface area contributed by atoms with Crippen molar-refractivity contribution in [2.24, 2.45) is 0 Å². The van der Waals surface area contributed by atoms with Gasteiger partial charge in [0.2, 0.25) is 0 Å². The molecule has 0 fully saturated rings. The first-order chi connectivity index (χ1) is 8.60. The maximum Gasteiger partial charge on any atom is 0.342 e. The van der Waals surface area contributed by atoms with Crippen molar-refractivity contribution in [1.29, 1.82) is 0 Å². The summed E-state index contributed by atoms with van der Waals surface area (Å²) in [7, 11) is 2.36. The van der Waals surface area contributed by atoms with Crippen LogP contribution in [0.3, 0.4) is 0 Å². The van der Waals surface area contributed by atoms with Crippen molar-refractivity contribution in [3.05, 3.63) is 29.5 Å². The van der Waals surface area contributed by atoms with E-state index in [4.69, 9.17) is 4.42 Å². The van der Waals surface area contributed by atoms with Crippen LogP contribution in [0.1, 0.15) is 20.7 Å². The standard InChI is InChI=1S/C12H10O6/c1-16-11(14)7-5-8(13)6-3-4-18-10(6)9(7)12(15)17-2/h3-5,13H,1-2H3. The highest BCUT2D eigenvalue weighted by molar-refractivity contribution is 6.12. The van der Waals surface area contributed by atoms with Crippen LogP contribution in [-0.4, -0.2) is 31.3 Å². The predicted octanol–water partition coefficient (Wildman–Crippen LogP) is 1.71. The lowest BCUT2D eigenvalue weighted by atomic mass is 10.0. The molecule has 0 aliphatic rings. The van der Waals surface area contributed by atoms with Crippen molar-refractivity contribution in [1.82, 2.24) is 0 Å². The zero-order chi connectivity index (χ0) is 13.3. The van der Waals surface area contributed by atoms with Gasteiger partial charge in [0, 0.05) is 0 Å². The lowest BCUT2D eigenvalue weighted by Gasteiger charge is -2.07. The van der Waals surface area contributed by atoms with E-state index in [1.165, 1.54) is 26.5 Å². The maximum atomic E-state index is 11.7. The SMILES string of the molecule is COC(=O)c1cc(O)c2ccoc2c1C(=O)OC. The molecule has 2 rings (SSSR count). The van der Waals surface area contributed by atoms with Crippen LogP contribution in [0.5, 0.6) is 5.75 Å². The number of carbonyl (C=O) groups excluding carboxylic acids is 2. The van der Waals surface area contributed by atoms with E-state index in [1.807, 2.05) is 0 Å². The van der Waals surface area contributed by atoms with E-state index in [-0.39, 0.29) is 22.5 Å². The fourth-order valence-electron chi connectivity index (χ4n) is 1.69. The zero-order valence-corrected chi connectivity index (χ0v) is 9.72. The molecule has 0 radical (unpaired) electrons. The molecule has 1 aromatic carbocycles. The number of benzene rings is 1. The molecular formula is C12H10O6. The average molecular weight is 250 g/mol. The molecule has 94 valence electrons. The van der Waals surface area contributed by atoms with E-state index in [1.54, 1.807) is 0 Å². The Morgan fingerprint density at radius 3 is 2.50 bits per heavy atom. The summed E-state index contributed by atoms with van der Waals surface area (Å²) in [6.07, 6.45) is 1.30. The van der Waals surface area contributed by atoms with E-state index < -0.39 is 11.9 Å². The quantitative estimate of drug-likeness (QED) is 0.816. The van der Waals surface area contributed by atoms with E-state index in [0.29, 0.717) is 5.39 Å². The van der Waals surface area contributed by atoms with Crippen LogP contribution in [0.15, 0.2) is 22.8 Å². The minimum Gasteiger partial charge on any atom is -0.507 e. The summed E-state index contributed by atoms with van der Waals surface area (Å²) in [6, 6.07) is 2.63.